The number of hydrogen-bond donors (Lipinski definition) is 3. The van der Waals surface area contributed by atoms with Gasteiger partial charge in [-0.05, 0) is 140 Å². The number of rotatable bonds is 8. The number of hydrogen-bond acceptors (Lipinski definition) is 10. The molecule has 7 rings (SSSR count). The Hall–Kier alpha value is -5.15. The molecule has 0 saturated carbocycles. The first kappa shape index (κ1) is 50.5. The number of carbonyl (C=O) groups excluding carboxylic acids is 3. The van der Waals surface area contributed by atoms with Gasteiger partial charge >= 0.3 is 18.1 Å². The number of esters is 2. The molecular formula is C48H61BrF3N5O6. The highest BCUT2D eigenvalue weighted by atomic mass is 79.9. The third-order valence-corrected chi connectivity index (χ3v) is 11.4. The highest BCUT2D eigenvalue weighted by Crippen LogP contribution is 2.32. The molecule has 1 amide bonds. The molecule has 4 heterocycles. The van der Waals surface area contributed by atoms with Crippen LogP contribution in [-0.4, -0.2) is 80.4 Å². The van der Waals surface area contributed by atoms with Gasteiger partial charge in [0.15, 0.2) is 0 Å². The molecule has 0 unspecified atom stereocenters. The highest BCUT2D eigenvalue weighted by Gasteiger charge is 2.31. The van der Waals surface area contributed by atoms with Gasteiger partial charge in [-0.15, -0.1) is 0 Å². The molecule has 15 heteroatoms. The maximum absolute atomic E-state index is 12.6. The molecule has 342 valence electrons. The quantitative estimate of drug-likeness (QED) is 0.147. The first-order chi connectivity index (χ1) is 30.2. The Morgan fingerprint density at radius 2 is 1.14 bits per heavy atom. The predicted molar refractivity (Wildman–Crippen MR) is 245 cm³/mol. The van der Waals surface area contributed by atoms with Gasteiger partial charge in [0, 0.05) is 47.9 Å². The molecular weight excluding hydrogens is 879 g/mol. The second-order valence-electron chi connectivity index (χ2n) is 15.6. The lowest BCUT2D eigenvalue weighted by atomic mass is 9.95. The van der Waals surface area contributed by atoms with Crippen LogP contribution in [-0.2, 0) is 30.0 Å². The number of amides is 1. The van der Waals surface area contributed by atoms with Crippen molar-refractivity contribution in [1.29, 1.82) is 0 Å². The summed E-state index contributed by atoms with van der Waals surface area (Å²) in [6, 6.07) is 24.8. The van der Waals surface area contributed by atoms with E-state index >= 15 is 0 Å². The van der Waals surface area contributed by atoms with Crippen molar-refractivity contribution >= 4 is 51.0 Å². The molecule has 11 nitrogen and oxygen atoms in total. The number of aryl methyl sites for hydroxylation is 2. The maximum atomic E-state index is 12.6. The Balaban J connectivity index is 0.000000203. The number of anilines is 3. The molecule has 0 spiro atoms. The minimum absolute atomic E-state index is 0.0194. The normalized spacial score (nSPS) is 15.9. The zero-order valence-electron chi connectivity index (χ0n) is 36.6. The topological polar surface area (TPSA) is 133 Å². The molecule has 0 bridgehead atoms. The number of benzene rings is 3. The molecule has 0 radical (unpaired) electrons. The molecule has 3 N–H and O–H groups in total. The first-order valence-corrected chi connectivity index (χ1v) is 22.4. The van der Waals surface area contributed by atoms with Crippen molar-refractivity contribution < 1.29 is 42.1 Å². The van der Waals surface area contributed by atoms with Crippen LogP contribution in [0.25, 0.3) is 0 Å². The molecule has 3 aliphatic heterocycles. The van der Waals surface area contributed by atoms with Crippen LogP contribution in [0.2, 0.25) is 0 Å². The lowest BCUT2D eigenvalue weighted by Gasteiger charge is -2.33. The van der Waals surface area contributed by atoms with Gasteiger partial charge in [-0.3, -0.25) is 14.4 Å². The fourth-order valence-corrected chi connectivity index (χ4v) is 7.45. The number of ether oxygens (including phenoxy) is 2. The summed E-state index contributed by atoms with van der Waals surface area (Å²) in [7, 11) is 0. The number of aromatic nitrogens is 1. The van der Waals surface area contributed by atoms with E-state index in [-0.39, 0.29) is 41.3 Å². The molecule has 3 fully saturated rings. The van der Waals surface area contributed by atoms with Gasteiger partial charge in [0.25, 0.3) is 0 Å². The van der Waals surface area contributed by atoms with Gasteiger partial charge in [-0.1, -0.05) is 51.3 Å². The van der Waals surface area contributed by atoms with Crippen molar-refractivity contribution in [2.75, 3.05) is 67.6 Å². The lowest BCUT2D eigenvalue weighted by molar-refractivity contribution is -0.149. The number of pyridine rings is 1. The van der Waals surface area contributed by atoms with E-state index in [0.29, 0.717) is 45.0 Å². The van der Waals surface area contributed by atoms with E-state index < -0.39 is 11.7 Å². The van der Waals surface area contributed by atoms with Crippen LogP contribution in [0.15, 0.2) is 95.6 Å². The summed E-state index contributed by atoms with van der Waals surface area (Å²) in [5.41, 5.74) is 3.88. The summed E-state index contributed by atoms with van der Waals surface area (Å²) in [6.45, 7) is 13.8. The first-order valence-electron chi connectivity index (χ1n) is 21.6. The summed E-state index contributed by atoms with van der Waals surface area (Å²) in [4.78, 5) is 43.3. The van der Waals surface area contributed by atoms with Crippen molar-refractivity contribution in [2.45, 2.75) is 72.4 Å². The zero-order valence-corrected chi connectivity index (χ0v) is 38.2. The molecule has 4 aromatic rings. The summed E-state index contributed by atoms with van der Waals surface area (Å²) in [5, 5.41) is 15.1. The van der Waals surface area contributed by atoms with E-state index in [1.165, 1.54) is 47.3 Å². The number of halogens is 4. The van der Waals surface area contributed by atoms with E-state index in [0.717, 1.165) is 74.2 Å². The predicted octanol–water partition coefficient (Wildman–Crippen LogP) is 9.74. The summed E-state index contributed by atoms with van der Waals surface area (Å²) < 4.78 is 49.0. The molecule has 3 aliphatic rings. The van der Waals surface area contributed by atoms with Gasteiger partial charge in [-0.2, -0.15) is 13.2 Å². The fraction of sp³-hybridized carbons (Fsp3) is 0.458. The van der Waals surface area contributed by atoms with Crippen LogP contribution < -0.4 is 20.4 Å². The number of nitrogens with one attached hydrogen (secondary N) is 2. The Kier molecular flexibility index (Phi) is 20.7. The van der Waals surface area contributed by atoms with E-state index in [2.05, 4.69) is 86.7 Å². The van der Waals surface area contributed by atoms with Crippen molar-refractivity contribution in [3.63, 3.8) is 0 Å². The molecule has 0 atom stereocenters. The van der Waals surface area contributed by atoms with Crippen LogP contribution in [0.4, 0.5) is 30.4 Å². The molecule has 3 saturated heterocycles. The number of carbonyl (C=O) groups is 3. The number of nitrogens with zero attached hydrogens (tertiary/aromatic N) is 3. The average Bonchev–Trinajstić information content (AvgIpc) is 3.29. The van der Waals surface area contributed by atoms with Crippen molar-refractivity contribution in [3.05, 3.63) is 112 Å². The third-order valence-electron chi connectivity index (χ3n) is 10.9. The smallest absolute Gasteiger partial charge is 0.416 e. The van der Waals surface area contributed by atoms with Crippen molar-refractivity contribution in [1.82, 2.24) is 10.3 Å². The van der Waals surface area contributed by atoms with Crippen molar-refractivity contribution in [3.8, 4) is 5.75 Å². The van der Waals surface area contributed by atoms with Crippen LogP contribution in [0.5, 0.6) is 5.75 Å². The van der Waals surface area contributed by atoms with E-state index in [9.17, 15) is 32.7 Å². The summed E-state index contributed by atoms with van der Waals surface area (Å²) in [5.74, 6) is 0.260. The molecule has 1 aromatic heterocycles. The van der Waals surface area contributed by atoms with Gasteiger partial charge in [0.2, 0.25) is 5.91 Å². The van der Waals surface area contributed by atoms with Crippen LogP contribution >= 0.6 is 15.9 Å². The van der Waals surface area contributed by atoms with Crippen LogP contribution in [0.1, 0.15) is 69.1 Å². The number of piperidine rings is 3. The molecule has 3 aromatic carbocycles. The van der Waals surface area contributed by atoms with Gasteiger partial charge in [0.05, 0.1) is 36.8 Å². The minimum atomic E-state index is -4.34. The molecule has 0 aliphatic carbocycles. The Morgan fingerprint density at radius 1 is 0.698 bits per heavy atom. The van der Waals surface area contributed by atoms with Crippen LogP contribution in [0, 0.1) is 31.6 Å². The Bertz CT molecular complexity index is 1940. The number of aromatic hydroxyl groups is 1. The van der Waals surface area contributed by atoms with Crippen LogP contribution in [0.3, 0.4) is 0 Å². The third kappa shape index (κ3) is 17.5. The largest absolute Gasteiger partial charge is 0.506 e. The van der Waals surface area contributed by atoms with Crippen molar-refractivity contribution in [2.24, 2.45) is 17.8 Å². The maximum Gasteiger partial charge on any atom is 0.416 e. The average molecular weight is 941 g/mol. The Labute approximate surface area is 377 Å². The minimum Gasteiger partial charge on any atom is -0.506 e. The SMILES string of the molecule is CCOC(=O)C1CCN(c2ccc(C)cc2)CC1.CCOC(=O)C1CCNCC1.Cc1ccc(Br)cc1.O=C(Nc1ccc(O)cn1)C1CCN(c2ccc(C(F)(F)F)cc2)CC1. The second-order valence-corrected chi connectivity index (χ2v) is 16.5. The van der Waals surface area contributed by atoms with E-state index in [4.69, 9.17) is 9.47 Å². The molecule has 63 heavy (non-hydrogen) atoms. The lowest BCUT2D eigenvalue weighted by Crippen LogP contribution is -2.38. The zero-order chi connectivity index (χ0) is 45.8. The highest BCUT2D eigenvalue weighted by molar-refractivity contribution is 9.10. The van der Waals surface area contributed by atoms with E-state index in [1.54, 1.807) is 0 Å². The fourth-order valence-electron chi connectivity index (χ4n) is 7.19. The Morgan fingerprint density at radius 3 is 1.57 bits per heavy atom. The van der Waals surface area contributed by atoms with Gasteiger partial charge < -0.3 is 35.0 Å². The van der Waals surface area contributed by atoms with Gasteiger partial charge in [-0.25, -0.2) is 4.98 Å². The van der Waals surface area contributed by atoms with E-state index in [1.807, 2.05) is 30.9 Å². The number of alkyl halides is 3. The summed E-state index contributed by atoms with van der Waals surface area (Å²) >= 11 is 3.35. The van der Waals surface area contributed by atoms with Gasteiger partial charge in [0.1, 0.15) is 11.6 Å². The summed E-state index contributed by atoms with van der Waals surface area (Å²) in [6.07, 6.45) is 1.77. The second kappa shape index (κ2) is 25.8. The monoisotopic (exact) mass is 939 g/mol. The standard InChI is InChI=1S/C18H18F3N3O2.C15H21NO2.C8H15NO2.C7H7Br/c19-18(20,21)13-1-3-14(4-2-13)24-9-7-12(8-10-24)17(26)23-16-6-5-15(25)11-22-16;1-3-18-15(17)13-8-10-16(11-9-13)14-6-4-12(2)5-7-14;1-2-11-8(10)7-3-5-9-6-4-7;1-6-2-4-7(8)5-3-6/h1-6,11-12,25H,7-10H2,(H,22,23,26);4-7,13H,3,8-11H2,1-2H3;7,9H,2-6H2,1H3;2-5H,1H3.